The Labute approximate surface area is 142 Å². The molecule has 0 spiro atoms. The molecule has 0 fully saturated rings. The Morgan fingerprint density at radius 1 is 1.16 bits per heavy atom. The highest BCUT2D eigenvalue weighted by Gasteiger charge is 2.30. The zero-order chi connectivity index (χ0) is 18.8. The topological polar surface area (TPSA) is 96.0 Å². The number of rotatable bonds is 4. The first-order valence-electron chi connectivity index (χ1n) is 7.03. The van der Waals surface area contributed by atoms with Crippen LogP contribution in [-0.4, -0.2) is 8.42 Å². The van der Waals surface area contributed by atoms with E-state index in [0.717, 1.165) is 18.2 Å². The predicted octanol–water partition coefficient (Wildman–Crippen LogP) is 3.40. The number of hydrogen-bond acceptors (Lipinski definition) is 4. The molecule has 0 aromatic heterocycles. The Balaban J connectivity index is 2.26. The second-order valence-corrected chi connectivity index (χ2v) is 6.91. The number of nitrogens with zero attached hydrogens (tertiary/aromatic N) is 1. The number of sulfonamides is 1. The molecule has 1 atom stereocenters. The first kappa shape index (κ1) is 18.8. The normalized spacial score (nSPS) is 13.1. The second kappa shape index (κ2) is 6.74. The molecule has 0 saturated heterocycles. The number of nitrogens with two attached hydrogens (primary N) is 1. The monoisotopic (exact) mass is 369 g/mol. The van der Waals surface area contributed by atoms with Crippen molar-refractivity contribution in [2.45, 2.75) is 24.0 Å². The fourth-order valence-electron chi connectivity index (χ4n) is 2.20. The molecule has 3 N–H and O–H groups in total. The molecule has 0 amide bonds. The smallest absolute Gasteiger partial charge is 0.377 e. The minimum Gasteiger partial charge on any atom is -0.377 e. The highest BCUT2D eigenvalue weighted by atomic mass is 32.2. The van der Waals surface area contributed by atoms with Crippen molar-refractivity contribution in [3.8, 4) is 6.07 Å². The average molecular weight is 369 g/mol. The van der Waals surface area contributed by atoms with Gasteiger partial charge in [-0.05, 0) is 42.8 Å². The number of nitriles is 1. The lowest BCUT2D eigenvalue weighted by Crippen LogP contribution is -2.13. The molecule has 25 heavy (non-hydrogen) atoms. The van der Waals surface area contributed by atoms with Gasteiger partial charge in [-0.25, -0.2) is 13.6 Å². The van der Waals surface area contributed by atoms with Crippen LogP contribution in [0.25, 0.3) is 0 Å². The maximum atomic E-state index is 12.6. The molecule has 0 saturated carbocycles. The molecule has 2 aromatic carbocycles. The Morgan fingerprint density at radius 3 is 2.24 bits per heavy atom. The van der Waals surface area contributed by atoms with E-state index in [-0.39, 0.29) is 10.5 Å². The molecule has 0 heterocycles. The van der Waals surface area contributed by atoms with Gasteiger partial charge in [0, 0.05) is 6.04 Å². The molecule has 2 aromatic rings. The molecule has 1 unspecified atom stereocenters. The summed E-state index contributed by atoms with van der Waals surface area (Å²) in [6.07, 6.45) is -4.41. The van der Waals surface area contributed by atoms with Crippen LogP contribution in [0.15, 0.2) is 47.4 Å². The standard InChI is InChI=1S/C16H14F3N3O2S/c1-10(11-2-4-13(5-3-11)16(17,18)19)22-15-7-6-14(25(21,23)24)8-12(15)9-20/h2-8,10,22H,1H3,(H2,21,23,24). The maximum Gasteiger partial charge on any atom is 0.416 e. The minimum absolute atomic E-state index is 0.0605. The molecule has 0 aliphatic carbocycles. The minimum atomic E-state index is -4.41. The Kier molecular flexibility index (Phi) is 5.06. The van der Waals surface area contributed by atoms with E-state index in [0.29, 0.717) is 11.3 Å². The number of anilines is 1. The van der Waals surface area contributed by atoms with Gasteiger partial charge in [0.2, 0.25) is 10.0 Å². The molecule has 5 nitrogen and oxygen atoms in total. The van der Waals surface area contributed by atoms with Gasteiger partial charge in [0.25, 0.3) is 0 Å². The number of halogens is 3. The summed E-state index contributed by atoms with van der Waals surface area (Å²) in [6.45, 7) is 1.71. The molecule has 0 aliphatic heterocycles. The fourth-order valence-corrected chi connectivity index (χ4v) is 2.74. The van der Waals surface area contributed by atoms with Gasteiger partial charge in [-0.2, -0.15) is 18.4 Å². The second-order valence-electron chi connectivity index (χ2n) is 5.35. The lowest BCUT2D eigenvalue weighted by atomic mass is 10.0. The predicted molar refractivity (Wildman–Crippen MR) is 86.0 cm³/mol. The van der Waals surface area contributed by atoms with Gasteiger partial charge in [0.15, 0.2) is 0 Å². The number of alkyl halides is 3. The Bertz CT molecular complexity index is 917. The third kappa shape index (κ3) is 4.49. The summed E-state index contributed by atoms with van der Waals surface area (Å²) in [4.78, 5) is -0.197. The van der Waals surface area contributed by atoms with E-state index in [2.05, 4.69) is 5.32 Å². The first-order valence-corrected chi connectivity index (χ1v) is 8.57. The third-order valence-corrected chi connectivity index (χ3v) is 4.46. The number of primary sulfonamides is 1. The molecular weight excluding hydrogens is 355 g/mol. The van der Waals surface area contributed by atoms with Crippen LogP contribution < -0.4 is 10.5 Å². The molecule has 0 bridgehead atoms. The Hall–Kier alpha value is -2.57. The highest BCUT2D eigenvalue weighted by Crippen LogP contribution is 2.31. The van der Waals surface area contributed by atoms with Crippen molar-refractivity contribution in [2.75, 3.05) is 5.32 Å². The molecule has 2 rings (SSSR count). The van der Waals surface area contributed by atoms with Gasteiger partial charge in [-0.3, -0.25) is 0 Å². The van der Waals surface area contributed by atoms with Crippen molar-refractivity contribution in [3.63, 3.8) is 0 Å². The SMILES string of the molecule is CC(Nc1ccc(S(N)(=O)=O)cc1C#N)c1ccc(C(F)(F)F)cc1. The summed E-state index contributed by atoms with van der Waals surface area (Å²) in [6, 6.07) is 9.85. The van der Waals surface area contributed by atoms with Gasteiger partial charge in [-0.15, -0.1) is 0 Å². The highest BCUT2D eigenvalue weighted by molar-refractivity contribution is 7.89. The first-order chi connectivity index (χ1) is 11.5. The van der Waals surface area contributed by atoms with E-state index >= 15 is 0 Å². The lowest BCUT2D eigenvalue weighted by molar-refractivity contribution is -0.137. The van der Waals surface area contributed by atoms with Gasteiger partial charge in [-0.1, -0.05) is 12.1 Å². The summed E-state index contributed by atoms with van der Waals surface area (Å²) in [5.74, 6) is 0. The van der Waals surface area contributed by atoms with Crippen LogP contribution >= 0.6 is 0 Å². The number of nitrogens with one attached hydrogen (secondary N) is 1. The number of benzene rings is 2. The van der Waals surface area contributed by atoms with Crippen LogP contribution in [0.5, 0.6) is 0 Å². The largest absolute Gasteiger partial charge is 0.416 e. The molecular formula is C16H14F3N3O2S. The van der Waals surface area contributed by atoms with Gasteiger partial charge >= 0.3 is 6.18 Å². The van der Waals surface area contributed by atoms with Crippen LogP contribution in [0.4, 0.5) is 18.9 Å². The quantitative estimate of drug-likeness (QED) is 0.863. The zero-order valence-corrected chi connectivity index (χ0v) is 13.8. The van der Waals surface area contributed by atoms with Gasteiger partial charge in [0.1, 0.15) is 6.07 Å². The Morgan fingerprint density at radius 2 is 1.76 bits per heavy atom. The van der Waals surface area contributed by atoms with E-state index in [1.54, 1.807) is 6.92 Å². The van der Waals surface area contributed by atoms with Gasteiger partial charge in [0.05, 0.1) is 21.7 Å². The fraction of sp³-hybridized carbons (Fsp3) is 0.188. The lowest BCUT2D eigenvalue weighted by Gasteiger charge is -2.18. The van der Waals surface area contributed by atoms with Crippen LogP contribution in [-0.2, 0) is 16.2 Å². The summed E-state index contributed by atoms with van der Waals surface area (Å²) in [5.41, 5.74) is 0.235. The van der Waals surface area contributed by atoms with E-state index in [1.165, 1.54) is 24.3 Å². The molecule has 0 aliphatic rings. The van der Waals surface area contributed by atoms with E-state index in [4.69, 9.17) is 10.4 Å². The van der Waals surface area contributed by atoms with Crippen molar-refractivity contribution in [1.29, 1.82) is 5.26 Å². The number of hydrogen-bond donors (Lipinski definition) is 2. The molecule has 132 valence electrons. The van der Waals surface area contributed by atoms with Crippen LogP contribution in [0.1, 0.15) is 29.7 Å². The van der Waals surface area contributed by atoms with Crippen LogP contribution in [0, 0.1) is 11.3 Å². The summed E-state index contributed by atoms with van der Waals surface area (Å²) in [7, 11) is -3.94. The van der Waals surface area contributed by atoms with Crippen molar-refractivity contribution >= 4 is 15.7 Å². The summed E-state index contributed by atoms with van der Waals surface area (Å²) in [5, 5.41) is 17.2. The summed E-state index contributed by atoms with van der Waals surface area (Å²) >= 11 is 0. The van der Waals surface area contributed by atoms with Crippen molar-refractivity contribution in [2.24, 2.45) is 5.14 Å². The van der Waals surface area contributed by atoms with Crippen molar-refractivity contribution < 1.29 is 21.6 Å². The van der Waals surface area contributed by atoms with E-state index in [1.807, 2.05) is 6.07 Å². The zero-order valence-electron chi connectivity index (χ0n) is 13.0. The van der Waals surface area contributed by atoms with Crippen molar-refractivity contribution in [1.82, 2.24) is 0 Å². The average Bonchev–Trinajstić information content (AvgIpc) is 2.53. The molecule has 9 heteroatoms. The van der Waals surface area contributed by atoms with Crippen LogP contribution in [0.3, 0.4) is 0 Å². The van der Waals surface area contributed by atoms with Crippen LogP contribution in [0.2, 0.25) is 0 Å². The summed E-state index contributed by atoms with van der Waals surface area (Å²) < 4.78 is 60.4. The maximum absolute atomic E-state index is 12.6. The molecule has 0 radical (unpaired) electrons. The van der Waals surface area contributed by atoms with Crippen molar-refractivity contribution in [3.05, 3.63) is 59.2 Å². The van der Waals surface area contributed by atoms with Gasteiger partial charge < -0.3 is 5.32 Å². The van der Waals surface area contributed by atoms with E-state index < -0.39 is 27.8 Å². The van der Waals surface area contributed by atoms with E-state index in [9.17, 15) is 21.6 Å². The third-order valence-electron chi connectivity index (χ3n) is 3.55.